The number of nitrogens with zero attached hydrogens (tertiary/aromatic N) is 4. The number of ether oxygens (including phenoxy) is 3. The number of halogens is 3. The lowest BCUT2D eigenvalue weighted by Gasteiger charge is -2.33. The summed E-state index contributed by atoms with van der Waals surface area (Å²) in [7, 11) is 0. The number of aromatic nitrogens is 2. The van der Waals surface area contributed by atoms with E-state index < -0.39 is 11.3 Å². The van der Waals surface area contributed by atoms with Crippen LogP contribution in [0.2, 0.25) is 0 Å². The number of aryl methyl sites for hydroxylation is 1. The second-order valence-electron chi connectivity index (χ2n) is 8.99. The first kappa shape index (κ1) is 26.0. The van der Waals surface area contributed by atoms with Crippen molar-refractivity contribution in [2.24, 2.45) is 0 Å². The molecule has 3 aromatic rings. The van der Waals surface area contributed by atoms with E-state index >= 15 is 0 Å². The van der Waals surface area contributed by atoms with Crippen molar-refractivity contribution in [1.29, 1.82) is 0 Å². The Balaban J connectivity index is 1.06. The molecule has 38 heavy (non-hydrogen) atoms. The summed E-state index contributed by atoms with van der Waals surface area (Å²) < 4.78 is 54.2. The first-order valence-corrected chi connectivity index (χ1v) is 13.0. The Kier molecular flexibility index (Phi) is 7.54. The van der Waals surface area contributed by atoms with E-state index in [2.05, 4.69) is 14.6 Å². The minimum Gasteiger partial charge on any atom is -0.490 e. The van der Waals surface area contributed by atoms with Crippen LogP contribution in [0.4, 0.5) is 24.7 Å². The molecule has 13 heteroatoms. The van der Waals surface area contributed by atoms with Gasteiger partial charge in [-0.05, 0) is 66.3 Å². The van der Waals surface area contributed by atoms with Crippen molar-refractivity contribution in [3.05, 3.63) is 64.8 Å². The van der Waals surface area contributed by atoms with Gasteiger partial charge in [-0.2, -0.15) is 0 Å². The van der Waals surface area contributed by atoms with Crippen LogP contribution >= 0.6 is 11.8 Å². The molecule has 2 aliphatic heterocycles. The molecule has 0 amide bonds. The highest BCUT2D eigenvalue weighted by Gasteiger charge is 2.31. The van der Waals surface area contributed by atoms with Gasteiger partial charge in [0, 0.05) is 46.9 Å². The van der Waals surface area contributed by atoms with Gasteiger partial charge in [0.1, 0.15) is 30.4 Å². The lowest BCUT2D eigenvalue weighted by Crippen LogP contribution is -2.34. The van der Waals surface area contributed by atoms with Crippen LogP contribution in [0.1, 0.15) is 19.3 Å². The number of piperidine rings is 1. The maximum Gasteiger partial charge on any atom is 0.573 e. The van der Waals surface area contributed by atoms with Gasteiger partial charge < -0.3 is 29.2 Å². The molecular weight excluding hydrogens is 525 g/mol. The molecule has 0 radical (unpaired) electrons. The third-order valence-electron chi connectivity index (χ3n) is 6.32. The van der Waals surface area contributed by atoms with Crippen LogP contribution in [0.3, 0.4) is 0 Å². The molecule has 9 nitrogen and oxygen atoms in total. The second kappa shape index (κ2) is 11.0. The maximum absolute atomic E-state index is 12.3. The van der Waals surface area contributed by atoms with Crippen molar-refractivity contribution in [3.63, 3.8) is 0 Å². The largest absolute Gasteiger partial charge is 0.573 e. The molecule has 2 aromatic carbocycles. The molecule has 0 bridgehead atoms. The molecule has 0 aliphatic carbocycles. The van der Waals surface area contributed by atoms with E-state index in [4.69, 9.17) is 9.47 Å². The van der Waals surface area contributed by atoms with Gasteiger partial charge in [0.25, 0.3) is 0 Å². The highest BCUT2D eigenvalue weighted by atomic mass is 32.2. The van der Waals surface area contributed by atoms with E-state index in [1.54, 1.807) is 28.5 Å². The summed E-state index contributed by atoms with van der Waals surface area (Å²) in [5.41, 5.74) is 1.10. The van der Waals surface area contributed by atoms with Crippen LogP contribution in [0.5, 0.6) is 17.5 Å². The molecule has 0 spiro atoms. The molecule has 1 fully saturated rings. The smallest absolute Gasteiger partial charge is 0.490 e. The molecule has 5 rings (SSSR count). The zero-order chi connectivity index (χ0) is 26.7. The average Bonchev–Trinajstić information content (AvgIpc) is 3.33. The highest BCUT2D eigenvalue weighted by molar-refractivity contribution is 8.00. The fourth-order valence-electron chi connectivity index (χ4n) is 4.42. The Morgan fingerprint density at radius 3 is 2.37 bits per heavy atom. The zero-order valence-electron chi connectivity index (χ0n) is 20.2. The lowest BCUT2D eigenvalue weighted by molar-refractivity contribution is -0.389. The van der Waals surface area contributed by atoms with Gasteiger partial charge in [0.15, 0.2) is 0 Å². The van der Waals surface area contributed by atoms with Crippen LogP contribution in [-0.2, 0) is 6.54 Å². The van der Waals surface area contributed by atoms with Crippen LogP contribution in [0.15, 0.2) is 59.6 Å². The van der Waals surface area contributed by atoms with Gasteiger partial charge >= 0.3 is 18.2 Å². The summed E-state index contributed by atoms with van der Waals surface area (Å²) in [6, 6.07) is 14.1. The van der Waals surface area contributed by atoms with E-state index in [1.807, 2.05) is 24.3 Å². The summed E-state index contributed by atoms with van der Waals surface area (Å²) in [6.45, 7) is 2.64. The fourth-order valence-corrected chi connectivity index (χ4v) is 5.55. The van der Waals surface area contributed by atoms with Crippen LogP contribution in [0.25, 0.3) is 0 Å². The Hall–Kier alpha value is -3.61. The molecule has 0 saturated carbocycles. The molecule has 1 saturated heterocycles. The number of alkyl halides is 3. The standard InChI is InChI=1S/C25H25F3N4O5S/c26-25(27,28)37-19-5-7-21(8-6-19)38-22-10-13-30(14-11-22)17-1-3-18(4-2-17)35-16-20-9-12-31-15-23(32(33)34)29-24(31)36-20/h1-8,15,20,22H,9-14,16H2/t20-/m1/s1. The second-order valence-corrected chi connectivity index (χ2v) is 10.4. The molecule has 1 atom stereocenters. The molecular formula is C25H25F3N4O5S. The first-order chi connectivity index (χ1) is 18.2. The number of anilines is 1. The number of hydrogen-bond acceptors (Lipinski definition) is 8. The number of imidazole rings is 1. The number of fused-ring (bicyclic) bond motifs is 1. The summed E-state index contributed by atoms with van der Waals surface area (Å²) in [5, 5.41) is 11.3. The summed E-state index contributed by atoms with van der Waals surface area (Å²) >= 11 is 1.67. The predicted octanol–water partition coefficient (Wildman–Crippen LogP) is 5.68. The Morgan fingerprint density at radius 2 is 1.71 bits per heavy atom. The van der Waals surface area contributed by atoms with Gasteiger partial charge in [0.2, 0.25) is 0 Å². The number of benzene rings is 2. The molecule has 3 heterocycles. The van der Waals surface area contributed by atoms with Crippen LogP contribution < -0.4 is 19.1 Å². The Bertz CT molecular complexity index is 1250. The maximum atomic E-state index is 12.3. The lowest BCUT2D eigenvalue weighted by atomic mass is 10.1. The van der Waals surface area contributed by atoms with Crippen LogP contribution in [-0.4, -0.2) is 51.9 Å². The van der Waals surface area contributed by atoms with Crippen molar-refractivity contribution in [1.82, 2.24) is 9.55 Å². The van der Waals surface area contributed by atoms with Crippen molar-refractivity contribution in [3.8, 4) is 17.5 Å². The average molecular weight is 551 g/mol. The van der Waals surface area contributed by atoms with Crippen molar-refractivity contribution in [2.75, 3.05) is 24.6 Å². The first-order valence-electron chi connectivity index (χ1n) is 12.1. The highest BCUT2D eigenvalue weighted by Crippen LogP contribution is 2.34. The summed E-state index contributed by atoms with van der Waals surface area (Å²) in [5.74, 6) is 0.267. The normalized spacial score (nSPS) is 18.0. The zero-order valence-corrected chi connectivity index (χ0v) is 21.0. The van der Waals surface area contributed by atoms with Gasteiger partial charge in [-0.25, -0.2) is 0 Å². The molecule has 1 aromatic heterocycles. The minimum atomic E-state index is -4.69. The third-order valence-corrected chi connectivity index (χ3v) is 7.67. The van der Waals surface area contributed by atoms with E-state index in [0.717, 1.165) is 36.5 Å². The minimum absolute atomic E-state index is 0.214. The molecule has 202 valence electrons. The Labute approximate surface area is 220 Å². The number of thioether (sulfide) groups is 1. The van der Waals surface area contributed by atoms with Gasteiger partial charge in [-0.3, -0.25) is 4.57 Å². The summed E-state index contributed by atoms with van der Waals surface area (Å²) in [6.07, 6.45) is -0.978. The fraction of sp³-hybridized carbons (Fsp3) is 0.400. The number of hydrogen-bond donors (Lipinski definition) is 0. The van der Waals surface area contributed by atoms with E-state index in [1.165, 1.54) is 18.3 Å². The monoisotopic (exact) mass is 550 g/mol. The molecule has 2 aliphatic rings. The van der Waals surface area contributed by atoms with Gasteiger partial charge in [-0.15, -0.1) is 24.9 Å². The molecule has 0 N–H and O–H groups in total. The Morgan fingerprint density at radius 1 is 1.03 bits per heavy atom. The van der Waals surface area contributed by atoms with E-state index in [0.29, 0.717) is 30.6 Å². The van der Waals surface area contributed by atoms with Crippen molar-refractivity contribution >= 4 is 23.3 Å². The topological polar surface area (TPSA) is 91.9 Å². The van der Waals surface area contributed by atoms with Crippen molar-refractivity contribution < 1.29 is 32.3 Å². The SMILES string of the molecule is O=[N+]([O-])c1cn2c(n1)O[C@@H](COc1ccc(N3CCC(Sc4ccc(OC(F)(F)F)cc4)CC3)cc1)CC2. The number of rotatable bonds is 8. The van der Waals surface area contributed by atoms with Gasteiger partial charge in [-0.1, -0.05) is 0 Å². The predicted molar refractivity (Wildman–Crippen MR) is 134 cm³/mol. The van der Waals surface area contributed by atoms with E-state index in [-0.39, 0.29) is 23.7 Å². The quantitative estimate of drug-likeness (QED) is 0.261. The van der Waals surface area contributed by atoms with Crippen molar-refractivity contribution in [2.45, 2.75) is 48.4 Å². The number of nitro groups is 1. The molecule has 0 unspecified atom stereocenters. The van der Waals surface area contributed by atoms with E-state index in [9.17, 15) is 23.3 Å². The van der Waals surface area contributed by atoms with Gasteiger partial charge in [0.05, 0.1) is 0 Å². The summed E-state index contributed by atoms with van der Waals surface area (Å²) in [4.78, 5) is 17.5. The van der Waals surface area contributed by atoms with Crippen LogP contribution in [0, 0.1) is 10.1 Å². The third kappa shape index (κ3) is 6.63.